The molecular weight excluding hydrogens is 1550 g/mol. The summed E-state index contributed by atoms with van der Waals surface area (Å²) in [6.07, 6.45) is -5.76. The van der Waals surface area contributed by atoms with E-state index in [0.717, 1.165) is 26.9 Å². The average Bonchev–Trinajstić information content (AvgIpc) is 1.62. The van der Waals surface area contributed by atoms with Crippen LogP contribution in [0.2, 0.25) is 0 Å². The molecule has 36 nitrogen and oxygen atoms in total. The minimum atomic E-state index is -1.74. The van der Waals surface area contributed by atoms with Crippen LogP contribution in [-0.4, -0.2) is 261 Å². The van der Waals surface area contributed by atoms with Gasteiger partial charge in [0.25, 0.3) is 23.6 Å². The van der Waals surface area contributed by atoms with Crippen LogP contribution in [0.15, 0.2) is 84.9 Å². The van der Waals surface area contributed by atoms with Gasteiger partial charge in [-0.1, -0.05) is 78.9 Å². The lowest BCUT2D eigenvalue weighted by Gasteiger charge is -2.31. The van der Waals surface area contributed by atoms with Crippen molar-refractivity contribution in [3.05, 3.63) is 113 Å². The Morgan fingerprint density at radius 3 is 1.52 bits per heavy atom. The van der Waals surface area contributed by atoms with Gasteiger partial charge in [-0.25, -0.2) is 19.4 Å². The summed E-state index contributed by atoms with van der Waals surface area (Å²) in [6.45, 7) is 9.87. The van der Waals surface area contributed by atoms with Crippen molar-refractivity contribution >= 4 is 94.0 Å². The predicted octanol–water partition coefficient (Wildman–Crippen LogP) is 4.25. The lowest BCUT2D eigenvalue weighted by molar-refractivity contribution is -0.137. The fourth-order valence-corrected chi connectivity index (χ4v) is 13.8. The molecule has 0 saturated carbocycles. The van der Waals surface area contributed by atoms with Crippen molar-refractivity contribution in [2.24, 2.45) is 17.8 Å². The Morgan fingerprint density at radius 1 is 0.521 bits per heavy atom. The summed E-state index contributed by atoms with van der Waals surface area (Å²) < 4.78 is 51.2. The van der Waals surface area contributed by atoms with Crippen LogP contribution < -0.4 is 55.3 Å². The lowest BCUT2D eigenvalue weighted by Crippen LogP contribution is -2.53. The smallest absolute Gasteiger partial charge is 0.416 e. The maximum Gasteiger partial charge on any atom is 0.416 e. The number of anilines is 3. The molecule has 5 aliphatic rings. The number of nitrogens with zero attached hydrogens (tertiary/aromatic N) is 5. The number of ketones is 2. The van der Waals surface area contributed by atoms with E-state index in [1.807, 2.05) is 0 Å². The van der Waals surface area contributed by atoms with Gasteiger partial charge in [-0.3, -0.25) is 57.6 Å². The first-order chi connectivity index (χ1) is 55.9. The number of carbonyl (C=O) groups is 13. The van der Waals surface area contributed by atoms with Crippen molar-refractivity contribution < 1.29 is 125 Å². The first-order valence-corrected chi connectivity index (χ1v) is 38.7. The zero-order valence-corrected chi connectivity index (χ0v) is 66.9. The van der Waals surface area contributed by atoms with Gasteiger partial charge in [0.2, 0.25) is 29.5 Å². The van der Waals surface area contributed by atoms with E-state index in [1.165, 1.54) is 62.3 Å². The van der Waals surface area contributed by atoms with Gasteiger partial charge in [0, 0.05) is 108 Å². The third-order valence-corrected chi connectivity index (χ3v) is 20.4. The second-order valence-corrected chi connectivity index (χ2v) is 29.6. The van der Waals surface area contributed by atoms with Crippen LogP contribution in [0.3, 0.4) is 0 Å². The average molecular weight is 1670 g/mol. The molecule has 11 amide bonds. The minimum absolute atomic E-state index is 0. The van der Waals surface area contributed by atoms with E-state index in [1.54, 1.807) is 83.1 Å². The van der Waals surface area contributed by atoms with Crippen LogP contribution >= 0.6 is 0 Å². The van der Waals surface area contributed by atoms with Crippen LogP contribution in [0, 0.1) is 17.8 Å². The Morgan fingerprint density at radius 2 is 1.02 bits per heavy atom. The summed E-state index contributed by atoms with van der Waals surface area (Å²) in [6, 6.07) is 13.1. The topological polar surface area (TPSA) is 462 Å². The third kappa shape index (κ3) is 25.0. The summed E-state index contributed by atoms with van der Waals surface area (Å²) in [5.41, 5.74) is 1.40. The fraction of sp³-hybridized carbons (Fsp3) is 0.530. The number of fused-ring (bicyclic) bond motifs is 4. The summed E-state index contributed by atoms with van der Waals surface area (Å²) >= 11 is 0. The van der Waals surface area contributed by atoms with Crippen molar-refractivity contribution in [3.8, 4) is 23.0 Å². The van der Waals surface area contributed by atoms with Crippen LogP contribution in [0.1, 0.15) is 139 Å². The first kappa shape index (κ1) is 95.0. The maximum absolute atomic E-state index is 14.4. The highest BCUT2D eigenvalue weighted by Crippen LogP contribution is 2.44. The molecule has 9 N–H and O–H groups in total. The van der Waals surface area contributed by atoms with Crippen LogP contribution in [0.25, 0.3) is 0 Å². The second kappa shape index (κ2) is 44.6. The van der Waals surface area contributed by atoms with Gasteiger partial charge in [-0.2, -0.15) is 0 Å². The molecule has 10 atom stereocenters. The largest absolute Gasteiger partial charge is 0.493 e. The summed E-state index contributed by atoms with van der Waals surface area (Å²) in [7, 11) is 4.19. The number of rotatable bonds is 41. The molecule has 4 unspecified atom stereocenters. The predicted molar refractivity (Wildman–Crippen MR) is 430 cm³/mol. The van der Waals surface area contributed by atoms with Crippen molar-refractivity contribution in [2.75, 3.05) is 109 Å². The number of aliphatic hydroxyl groups excluding tert-OH is 4. The number of nitrogens with one attached hydrogen (secondary N) is 5. The van der Waals surface area contributed by atoms with Gasteiger partial charge in [0.05, 0.1) is 113 Å². The highest BCUT2D eigenvalue weighted by atomic mass is 16.6. The van der Waals surface area contributed by atoms with Gasteiger partial charge in [0.15, 0.2) is 41.2 Å². The first-order valence-electron chi connectivity index (χ1n) is 38.7. The van der Waals surface area contributed by atoms with E-state index >= 15 is 0 Å². The number of imide groups is 1. The lowest BCUT2D eigenvalue weighted by atomic mass is 9.88. The maximum atomic E-state index is 14.4. The number of carbonyl (C=O) groups excluding carboxylic acids is 13. The standard InChI is InChI=1S/C81H104N10O26.2CH4/c1-45(2)56(34-53(92)22-28-112-30-24-82-68(96)21-25-87-70(98)19-20-71(87)99)74(101)83-47(5)63(95)33-49-11-13-50(14-12-49)43-116-80(107)90-59-39-66(64(110-8)37-57(59)76(103)88-41-54(93)35-61(88)78(90)105)114-26-10-27-115-67-40-60-58(38-65(67)111-9)77(104)89-42-55(94)36-62(89)79(106)91(60)81(108)117-44-51-15-17-52(18-16-51)85-73(100)48(6)84-75(102)72(46(3)4)86-69(97)23-29-113-32-31-109-7;;/h11-20,37-40,45-48,54-56,61-62,72,78-79,93-94,105-106H,10,21-36,41-44H2,1-9H3,(H,82,96)(H,83,101)(H,84,102)(H,85,100)(H,86,97);2*1H4/t47-,48-,54?,55?,56-,61-,62-,72-,78?,79?;;/m0../s1. The van der Waals surface area contributed by atoms with E-state index in [9.17, 15) is 82.8 Å². The molecule has 5 aliphatic heterocycles. The van der Waals surface area contributed by atoms with Gasteiger partial charge >= 0.3 is 12.2 Å². The highest BCUT2D eigenvalue weighted by Gasteiger charge is 2.50. The Balaban J connectivity index is 0.00000977. The van der Waals surface area contributed by atoms with Crippen LogP contribution in [0.4, 0.5) is 26.7 Å². The molecule has 2 saturated heterocycles. The molecule has 0 radical (unpaired) electrons. The van der Waals surface area contributed by atoms with Crippen molar-refractivity contribution in [1.29, 1.82) is 0 Å². The second-order valence-electron chi connectivity index (χ2n) is 29.6. The SMILES string of the molecule is C.C.COCCOCCC(=O)N[C@H](C(=O)N[C@@H](C)C(=O)Nc1ccc(COC(=O)N2c3cc(OCCCOc4cc5c(cc4OC)C(=O)N4CC(O)C[C@H]4C(O)N5C(=O)OCc4ccc(CC(=O)[C@H](C)NC(=O)[C@@H](CC(=O)CCOCCNC(=O)CCN5C(=O)C=CC5=O)C(C)C)cc4)c(OC)cc3C(=O)N3CC(O)C[C@H]3C2O)cc1)C(C)C. The molecule has 2 fully saturated rings. The number of Topliss-reactive ketones (excluding diaryl/α,β-unsaturated/α-hetero) is 2. The minimum Gasteiger partial charge on any atom is -0.493 e. The Labute approximate surface area is 690 Å². The van der Waals surface area contributed by atoms with E-state index in [2.05, 4.69) is 26.6 Å². The number of hydrogen-bond acceptors (Lipinski definition) is 26. The fourth-order valence-electron chi connectivity index (χ4n) is 13.8. The molecule has 650 valence electrons. The number of ether oxygens (including phenoxy) is 9. The monoisotopic (exact) mass is 1660 g/mol. The van der Waals surface area contributed by atoms with E-state index in [4.69, 9.17) is 42.6 Å². The summed E-state index contributed by atoms with van der Waals surface area (Å²) in [4.78, 5) is 178. The van der Waals surface area contributed by atoms with Gasteiger partial charge < -0.3 is 99.4 Å². The normalized spacial score (nSPS) is 18.8. The summed E-state index contributed by atoms with van der Waals surface area (Å²) in [5.74, 6) is -6.37. The molecular formula is C83H112N10O26. The number of methoxy groups -OCH3 is 3. The number of benzene rings is 4. The molecule has 5 heterocycles. The molecule has 0 spiro atoms. The van der Waals surface area contributed by atoms with Crippen LogP contribution in [0.5, 0.6) is 23.0 Å². The quantitative estimate of drug-likeness (QED) is 0.0221. The number of aliphatic hydroxyl groups is 4. The van der Waals surface area contributed by atoms with Gasteiger partial charge in [0.1, 0.15) is 31.1 Å². The number of amides is 11. The van der Waals surface area contributed by atoms with Crippen molar-refractivity contribution in [3.63, 3.8) is 0 Å². The van der Waals surface area contributed by atoms with Crippen molar-refractivity contribution in [1.82, 2.24) is 36.0 Å². The highest BCUT2D eigenvalue weighted by molar-refractivity contribution is 6.13. The Bertz CT molecular complexity index is 4260. The van der Waals surface area contributed by atoms with E-state index < -0.39 is 120 Å². The molecule has 0 aliphatic carbocycles. The number of hydrogen-bond donors (Lipinski definition) is 9. The van der Waals surface area contributed by atoms with Gasteiger partial charge in [-0.05, 0) is 79.5 Å². The Hall–Kier alpha value is -11.2. The zero-order chi connectivity index (χ0) is 84.9. The van der Waals surface area contributed by atoms with Gasteiger partial charge in [-0.15, -0.1) is 0 Å². The molecule has 119 heavy (non-hydrogen) atoms. The molecule has 4 aromatic rings. The Kier molecular flexibility index (Phi) is 35.6. The zero-order valence-electron chi connectivity index (χ0n) is 66.9. The molecule has 9 rings (SSSR count). The molecule has 0 aromatic heterocycles. The third-order valence-electron chi connectivity index (χ3n) is 20.4. The van der Waals surface area contributed by atoms with Crippen LogP contribution in [-0.2, 0) is 86.5 Å². The van der Waals surface area contributed by atoms with E-state index in [0.29, 0.717) is 35.6 Å². The van der Waals surface area contributed by atoms with E-state index in [-0.39, 0.29) is 213 Å². The molecule has 4 aromatic carbocycles. The molecule has 0 bridgehead atoms. The van der Waals surface area contributed by atoms with Crippen molar-refractivity contribution in [2.45, 2.75) is 176 Å². The molecule has 36 heteroatoms. The summed E-state index contributed by atoms with van der Waals surface area (Å²) in [5, 5.41) is 59.0.